The summed E-state index contributed by atoms with van der Waals surface area (Å²) >= 11 is 0. The number of benzene rings is 1. The van der Waals surface area contributed by atoms with Crippen molar-refractivity contribution < 1.29 is 17.9 Å². The standard InChI is InChI=1S/C10H11ClO4S/c1-7(16(11,12)13)4-8-2-3-9-10(5-8)15-6-14-9/h2-3,5,7H,4,6H2,1H3. The zero-order valence-electron chi connectivity index (χ0n) is 8.64. The SMILES string of the molecule is CC(Cc1ccc2c(c1)OCO2)S(=O)(=O)Cl. The van der Waals surface area contributed by atoms with E-state index in [-0.39, 0.29) is 6.79 Å². The molecular formula is C10H11ClO4S. The molecule has 0 N–H and O–H groups in total. The summed E-state index contributed by atoms with van der Waals surface area (Å²) in [5, 5.41) is -0.616. The first-order chi connectivity index (χ1) is 7.47. The molecule has 0 saturated carbocycles. The van der Waals surface area contributed by atoms with Crippen molar-refractivity contribution in [2.75, 3.05) is 6.79 Å². The predicted molar refractivity (Wildman–Crippen MR) is 60.5 cm³/mol. The highest BCUT2D eigenvalue weighted by Crippen LogP contribution is 2.33. The molecule has 1 atom stereocenters. The van der Waals surface area contributed by atoms with Crippen molar-refractivity contribution in [2.24, 2.45) is 0 Å². The fourth-order valence-electron chi connectivity index (χ4n) is 1.50. The largest absolute Gasteiger partial charge is 0.454 e. The summed E-state index contributed by atoms with van der Waals surface area (Å²) in [7, 11) is 1.75. The van der Waals surface area contributed by atoms with Crippen molar-refractivity contribution in [3.05, 3.63) is 23.8 Å². The lowest BCUT2D eigenvalue weighted by atomic mass is 10.1. The van der Waals surface area contributed by atoms with Crippen LogP contribution < -0.4 is 9.47 Å². The Morgan fingerprint density at radius 3 is 2.75 bits per heavy atom. The Bertz CT molecular complexity index is 498. The molecule has 0 amide bonds. The Morgan fingerprint density at radius 2 is 2.06 bits per heavy atom. The molecule has 0 saturated heterocycles. The Balaban J connectivity index is 2.17. The van der Waals surface area contributed by atoms with E-state index in [0.717, 1.165) is 5.56 Å². The van der Waals surface area contributed by atoms with Crippen LogP contribution in [0.15, 0.2) is 18.2 Å². The van der Waals surface area contributed by atoms with Crippen LogP contribution in [0.25, 0.3) is 0 Å². The van der Waals surface area contributed by atoms with Crippen molar-refractivity contribution in [1.82, 2.24) is 0 Å². The minimum Gasteiger partial charge on any atom is -0.454 e. The second kappa shape index (κ2) is 4.14. The fraction of sp³-hybridized carbons (Fsp3) is 0.400. The first-order valence-corrected chi connectivity index (χ1v) is 7.16. The molecule has 0 aromatic heterocycles. The van der Waals surface area contributed by atoms with Crippen LogP contribution in [0.4, 0.5) is 0 Å². The summed E-state index contributed by atoms with van der Waals surface area (Å²) in [6, 6.07) is 5.36. The minimum atomic E-state index is -3.51. The second-order valence-corrected chi connectivity index (χ2v) is 6.72. The van der Waals surface area contributed by atoms with E-state index in [2.05, 4.69) is 0 Å². The van der Waals surface area contributed by atoms with Crippen molar-refractivity contribution in [1.29, 1.82) is 0 Å². The summed E-state index contributed by atoms with van der Waals surface area (Å²) in [5.41, 5.74) is 0.862. The van der Waals surface area contributed by atoms with E-state index in [9.17, 15) is 8.42 Å². The van der Waals surface area contributed by atoms with Crippen LogP contribution >= 0.6 is 10.7 Å². The molecule has 1 aliphatic heterocycles. The van der Waals surface area contributed by atoms with E-state index in [0.29, 0.717) is 17.9 Å². The lowest BCUT2D eigenvalue weighted by molar-refractivity contribution is 0.174. The van der Waals surface area contributed by atoms with Gasteiger partial charge < -0.3 is 9.47 Å². The maximum Gasteiger partial charge on any atom is 0.235 e. The van der Waals surface area contributed by atoms with Crippen LogP contribution in [-0.4, -0.2) is 20.5 Å². The third-order valence-corrected chi connectivity index (χ3v) is 4.48. The number of fused-ring (bicyclic) bond motifs is 1. The van der Waals surface area contributed by atoms with Gasteiger partial charge in [-0.25, -0.2) is 8.42 Å². The molecular weight excluding hydrogens is 252 g/mol. The molecule has 1 aromatic carbocycles. The average Bonchev–Trinajstić information content (AvgIpc) is 2.63. The Labute approximate surface area is 98.5 Å². The van der Waals surface area contributed by atoms with E-state index in [1.165, 1.54) is 0 Å². The lowest BCUT2D eigenvalue weighted by Gasteiger charge is -2.08. The molecule has 4 nitrogen and oxygen atoms in total. The molecule has 0 spiro atoms. The zero-order chi connectivity index (χ0) is 11.8. The predicted octanol–water partition coefficient (Wildman–Crippen LogP) is 1.91. The smallest absolute Gasteiger partial charge is 0.235 e. The third-order valence-electron chi connectivity index (χ3n) is 2.44. The van der Waals surface area contributed by atoms with E-state index < -0.39 is 14.3 Å². The number of halogens is 1. The molecule has 6 heteroatoms. The van der Waals surface area contributed by atoms with Crippen LogP contribution in [0.1, 0.15) is 12.5 Å². The summed E-state index contributed by atoms with van der Waals surface area (Å²) in [5.74, 6) is 1.34. The number of hydrogen-bond acceptors (Lipinski definition) is 4. The van der Waals surface area contributed by atoms with Gasteiger partial charge in [-0.3, -0.25) is 0 Å². The number of hydrogen-bond donors (Lipinski definition) is 0. The average molecular weight is 263 g/mol. The Hall–Kier alpha value is -0.940. The van der Waals surface area contributed by atoms with Gasteiger partial charge >= 0.3 is 0 Å². The molecule has 1 aliphatic rings. The van der Waals surface area contributed by atoms with Gasteiger partial charge in [0.1, 0.15) is 0 Å². The maximum atomic E-state index is 11.1. The van der Waals surface area contributed by atoms with E-state index in [1.807, 2.05) is 6.07 Å². The zero-order valence-corrected chi connectivity index (χ0v) is 10.2. The molecule has 0 bridgehead atoms. The van der Waals surface area contributed by atoms with Crippen LogP contribution in [-0.2, 0) is 15.5 Å². The molecule has 2 rings (SSSR count). The van der Waals surface area contributed by atoms with Gasteiger partial charge in [0, 0.05) is 10.7 Å². The number of rotatable bonds is 3. The highest BCUT2D eigenvalue weighted by atomic mass is 35.7. The van der Waals surface area contributed by atoms with Crippen LogP contribution in [0.2, 0.25) is 0 Å². The van der Waals surface area contributed by atoms with Gasteiger partial charge in [0.15, 0.2) is 11.5 Å². The topological polar surface area (TPSA) is 52.6 Å². The molecule has 0 radical (unpaired) electrons. The van der Waals surface area contributed by atoms with Gasteiger partial charge in [-0.1, -0.05) is 6.07 Å². The lowest BCUT2D eigenvalue weighted by Crippen LogP contribution is -2.14. The molecule has 1 unspecified atom stereocenters. The highest BCUT2D eigenvalue weighted by molar-refractivity contribution is 8.14. The summed E-state index contributed by atoms with van der Waals surface area (Å²) in [6.07, 6.45) is 0.364. The summed E-state index contributed by atoms with van der Waals surface area (Å²) in [4.78, 5) is 0. The quantitative estimate of drug-likeness (QED) is 0.781. The molecule has 0 fully saturated rings. The van der Waals surface area contributed by atoms with Crippen LogP contribution in [0, 0.1) is 0 Å². The first-order valence-electron chi connectivity index (χ1n) is 4.79. The first kappa shape index (κ1) is 11.5. The Kier molecular flexibility index (Phi) is 2.99. The summed E-state index contributed by atoms with van der Waals surface area (Å²) in [6.45, 7) is 1.79. The van der Waals surface area contributed by atoms with Crippen LogP contribution in [0.3, 0.4) is 0 Å². The van der Waals surface area contributed by atoms with Crippen LogP contribution in [0.5, 0.6) is 11.5 Å². The van der Waals surface area contributed by atoms with Gasteiger partial charge in [0.05, 0.1) is 5.25 Å². The van der Waals surface area contributed by atoms with Crippen molar-refractivity contribution in [3.8, 4) is 11.5 Å². The number of ether oxygens (including phenoxy) is 2. The van der Waals surface area contributed by atoms with Gasteiger partial charge in [0.25, 0.3) is 0 Å². The van der Waals surface area contributed by atoms with Crippen molar-refractivity contribution in [2.45, 2.75) is 18.6 Å². The van der Waals surface area contributed by atoms with E-state index in [1.54, 1.807) is 19.1 Å². The van der Waals surface area contributed by atoms with Crippen molar-refractivity contribution >= 4 is 19.7 Å². The second-order valence-electron chi connectivity index (χ2n) is 3.68. The molecule has 88 valence electrons. The Morgan fingerprint density at radius 1 is 1.38 bits per heavy atom. The van der Waals surface area contributed by atoms with E-state index in [4.69, 9.17) is 20.2 Å². The van der Waals surface area contributed by atoms with Gasteiger partial charge in [-0.15, -0.1) is 0 Å². The highest BCUT2D eigenvalue weighted by Gasteiger charge is 2.20. The molecule has 1 heterocycles. The van der Waals surface area contributed by atoms with E-state index >= 15 is 0 Å². The molecule has 1 aromatic rings. The normalized spacial score (nSPS) is 16.1. The third kappa shape index (κ3) is 2.41. The molecule has 0 aliphatic carbocycles. The van der Waals surface area contributed by atoms with Gasteiger partial charge in [-0.2, -0.15) is 0 Å². The monoisotopic (exact) mass is 262 g/mol. The fourth-order valence-corrected chi connectivity index (χ4v) is 2.08. The molecule has 16 heavy (non-hydrogen) atoms. The van der Waals surface area contributed by atoms with Gasteiger partial charge in [-0.05, 0) is 31.0 Å². The summed E-state index contributed by atoms with van der Waals surface area (Å²) < 4.78 is 32.5. The minimum absolute atomic E-state index is 0.210. The maximum absolute atomic E-state index is 11.1. The van der Waals surface area contributed by atoms with Crippen molar-refractivity contribution in [3.63, 3.8) is 0 Å². The van der Waals surface area contributed by atoms with Gasteiger partial charge in [0.2, 0.25) is 15.8 Å².